The number of amides is 1. The van der Waals surface area contributed by atoms with E-state index in [4.69, 9.17) is 9.47 Å². The Balaban J connectivity index is 1.86. The largest absolute Gasteiger partial charge is 0.493 e. The highest BCUT2D eigenvalue weighted by atomic mass is 19.4. The molecule has 0 saturated carbocycles. The molecular weight excluding hydrogens is 375 g/mol. The predicted molar refractivity (Wildman–Crippen MR) is 98.4 cm³/mol. The first-order valence-electron chi connectivity index (χ1n) is 8.27. The summed E-state index contributed by atoms with van der Waals surface area (Å²) in [5, 5.41) is 2.69. The monoisotopic (exact) mass is 395 g/mol. The molecule has 2 aromatic rings. The van der Waals surface area contributed by atoms with Gasteiger partial charge in [-0.2, -0.15) is 13.2 Å². The van der Waals surface area contributed by atoms with Gasteiger partial charge in [0.1, 0.15) is 5.75 Å². The first-order chi connectivity index (χ1) is 13.3. The third-order valence-electron chi connectivity index (χ3n) is 3.63. The van der Waals surface area contributed by atoms with Crippen molar-refractivity contribution in [2.75, 3.05) is 20.8 Å². The van der Waals surface area contributed by atoms with E-state index in [1.807, 2.05) is 0 Å². The standard InChI is InChI=1S/C20H20F3NO4/c1-26-17-9-5-14(11-18(17)27-2)6-10-19(25)24-12-15-3-7-16(8-4-15)28-13-20(21,22)23/h3-11H,12-13H2,1-2H3,(H,24,25)/b10-6+. The molecule has 0 atom stereocenters. The van der Waals surface area contributed by atoms with Crippen LogP contribution in [-0.4, -0.2) is 32.9 Å². The fourth-order valence-corrected chi connectivity index (χ4v) is 2.25. The van der Waals surface area contributed by atoms with Crippen LogP contribution in [0.5, 0.6) is 17.2 Å². The summed E-state index contributed by atoms with van der Waals surface area (Å²) < 4.78 is 51.3. The second-order valence-corrected chi connectivity index (χ2v) is 5.71. The minimum absolute atomic E-state index is 0.112. The quantitative estimate of drug-likeness (QED) is 0.687. The highest BCUT2D eigenvalue weighted by molar-refractivity contribution is 5.91. The van der Waals surface area contributed by atoms with E-state index in [0.717, 1.165) is 11.1 Å². The third kappa shape index (κ3) is 6.86. The van der Waals surface area contributed by atoms with Crippen molar-refractivity contribution in [2.45, 2.75) is 12.7 Å². The molecule has 0 bridgehead atoms. The molecular formula is C20H20F3NO4. The number of carbonyl (C=O) groups excluding carboxylic acids is 1. The molecule has 0 aromatic heterocycles. The van der Waals surface area contributed by atoms with Crippen LogP contribution in [0.2, 0.25) is 0 Å². The highest BCUT2D eigenvalue weighted by Gasteiger charge is 2.28. The van der Waals surface area contributed by atoms with Gasteiger partial charge < -0.3 is 19.5 Å². The van der Waals surface area contributed by atoms with Crippen LogP contribution in [0.25, 0.3) is 6.08 Å². The normalized spacial score (nSPS) is 11.3. The predicted octanol–water partition coefficient (Wildman–Crippen LogP) is 3.97. The summed E-state index contributed by atoms with van der Waals surface area (Å²) in [6, 6.07) is 11.3. The fourth-order valence-electron chi connectivity index (χ4n) is 2.25. The molecule has 0 saturated heterocycles. The molecule has 0 fully saturated rings. The van der Waals surface area contributed by atoms with Crippen molar-refractivity contribution in [3.63, 3.8) is 0 Å². The topological polar surface area (TPSA) is 56.8 Å². The maximum atomic E-state index is 12.1. The van der Waals surface area contributed by atoms with Crippen LogP contribution in [-0.2, 0) is 11.3 Å². The lowest BCUT2D eigenvalue weighted by molar-refractivity contribution is -0.153. The van der Waals surface area contributed by atoms with Crippen LogP contribution in [0.4, 0.5) is 13.2 Å². The van der Waals surface area contributed by atoms with E-state index in [1.54, 1.807) is 36.4 Å². The van der Waals surface area contributed by atoms with Crippen molar-refractivity contribution < 1.29 is 32.2 Å². The van der Waals surface area contributed by atoms with E-state index in [1.165, 1.54) is 32.4 Å². The summed E-state index contributed by atoms with van der Waals surface area (Å²) in [6.07, 6.45) is -1.37. The number of rotatable bonds is 8. The van der Waals surface area contributed by atoms with Gasteiger partial charge in [-0.25, -0.2) is 0 Å². The van der Waals surface area contributed by atoms with Gasteiger partial charge in [0, 0.05) is 12.6 Å². The van der Waals surface area contributed by atoms with E-state index < -0.39 is 12.8 Å². The van der Waals surface area contributed by atoms with Gasteiger partial charge in [0.2, 0.25) is 5.91 Å². The molecule has 5 nitrogen and oxygen atoms in total. The SMILES string of the molecule is COc1ccc(/C=C/C(=O)NCc2ccc(OCC(F)(F)F)cc2)cc1OC. The Morgan fingerprint density at radius 1 is 1.04 bits per heavy atom. The summed E-state index contributed by atoms with van der Waals surface area (Å²) in [4.78, 5) is 11.9. The number of benzene rings is 2. The maximum absolute atomic E-state index is 12.1. The van der Waals surface area contributed by atoms with Crippen LogP contribution in [0.15, 0.2) is 48.5 Å². The lowest BCUT2D eigenvalue weighted by Crippen LogP contribution is -2.20. The number of nitrogens with one attached hydrogen (secondary N) is 1. The minimum atomic E-state index is -4.38. The number of halogens is 3. The van der Waals surface area contributed by atoms with Crippen LogP contribution in [0, 0.1) is 0 Å². The van der Waals surface area contributed by atoms with Crippen molar-refractivity contribution in [1.29, 1.82) is 0 Å². The Morgan fingerprint density at radius 3 is 2.32 bits per heavy atom. The molecule has 1 N–H and O–H groups in total. The molecule has 0 heterocycles. The van der Waals surface area contributed by atoms with E-state index in [-0.39, 0.29) is 18.2 Å². The molecule has 1 amide bonds. The van der Waals surface area contributed by atoms with Gasteiger partial charge in [0.15, 0.2) is 18.1 Å². The van der Waals surface area contributed by atoms with E-state index >= 15 is 0 Å². The molecule has 0 unspecified atom stereocenters. The number of hydrogen-bond donors (Lipinski definition) is 1. The molecule has 0 spiro atoms. The van der Waals surface area contributed by atoms with Crippen molar-refractivity contribution in [3.8, 4) is 17.2 Å². The average molecular weight is 395 g/mol. The Kier molecular flexibility index (Phi) is 7.31. The zero-order chi connectivity index (χ0) is 20.6. The summed E-state index contributed by atoms with van der Waals surface area (Å²) in [5.41, 5.74) is 1.49. The van der Waals surface area contributed by atoms with Crippen molar-refractivity contribution in [3.05, 3.63) is 59.7 Å². The van der Waals surface area contributed by atoms with E-state index in [0.29, 0.717) is 11.5 Å². The van der Waals surface area contributed by atoms with Crippen molar-refractivity contribution in [2.24, 2.45) is 0 Å². The van der Waals surface area contributed by atoms with E-state index in [2.05, 4.69) is 10.1 Å². The molecule has 8 heteroatoms. The van der Waals surface area contributed by atoms with Gasteiger partial charge in [-0.05, 0) is 41.5 Å². The first kappa shape index (κ1) is 21.1. The van der Waals surface area contributed by atoms with Crippen molar-refractivity contribution >= 4 is 12.0 Å². The summed E-state index contributed by atoms with van der Waals surface area (Å²) in [7, 11) is 3.06. The maximum Gasteiger partial charge on any atom is 0.422 e. The second-order valence-electron chi connectivity index (χ2n) is 5.71. The van der Waals surface area contributed by atoms with Gasteiger partial charge in [-0.3, -0.25) is 4.79 Å². The first-order valence-corrected chi connectivity index (χ1v) is 8.27. The number of hydrogen-bond acceptors (Lipinski definition) is 4. The summed E-state index contributed by atoms with van der Waals surface area (Å²) >= 11 is 0. The highest BCUT2D eigenvalue weighted by Crippen LogP contribution is 2.28. The lowest BCUT2D eigenvalue weighted by Gasteiger charge is -2.09. The Bertz CT molecular complexity index is 817. The van der Waals surface area contributed by atoms with Gasteiger partial charge in [-0.1, -0.05) is 18.2 Å². The minimum Gasteiger partial charge on any atom is -0.493 e. The average Bonchev–Trinajstić information content (AvgIpc) is 2.69. The molecule has 0 aliphatic heterocycles. The molecule has 2 rings (SSSR count). The van der Waals surface area contributed by atoms with Crippen molar-refractivity contribution in [1.82, 2.24) is 5.32 Å². The van der Waals surface area contributed by atoms with Gasteiger partial charge >= 0.3 is 6.18 Å². The molecule has 2 aromatic carbocycles. The molecule has 0 radical (unpaired) electrons. The number of carbonyl (C=O) groups is 1. The third-order valence-corrected chi connectivity index (χ3v) is 3.63. The second kappa shape index (κ2) is 9.68. The lowest BCUT2D eigenvalue weighted by atomic mass is 10.2. The van der Waals surface area contributed by atoms with E-state index in [9.17, 15) is 18.0 Å². The van der Waals surface area contributed by atoms with Crippen LogP contribution >= 0.6 is 0 Å². The molecule has 0 aliphatic rings. The number of methoxy groups -OCH3 is 2. The van der Waals surface area contributed by atoms with Crippen LogP contribution < -0.4 is 19.5 Å². The number of alkyl halides is 3. The Labute approximate surface area is 160 Å². The molecule has 0 aliphatic carbocycles. The molecule has 150 valence electrons. The fraction of sp³-hybridized carbons (Fsp3) is 0.250. The van der Waals surface area contributed by atoms with Crippen LogP contribution in [0.1, 0.15) is 11.1 Å². The number of ether oxygens (including phenoxy) is 3. The van der Waals surface area contributed by atoms with Crippen LogP contribution in [0.3, 0.4) is 0 Å². The Hall–Kier alpha value is -3.16. The smallest absolute Gasteiger partial charge is 0.422 e. The van der Waals surface area contributed by atoms with Gasteiger partial charge in [0.05, 0.1) is 14.2 Å². The van der Waals surface area contributed by atoms with Gasteiger partial charge in [0.25, 0.3) is 0 Å². The summed E-state index contributed by atoms with van der Waals surface area (Å²) in [5.74, 6) is 0.942. The zero-order valence-corrected chi connectivity index (χ0v) is 15.4. The Morgan fingerprint density at radius 2 is 1.71 bits per heavy atom. The zero-order valence-electron chi connectivity index (χ0n) is 15.4. The summed E-state index contributed by atoms with van der Waals surface area (Å²) in [6.45, 7) is -1.11. The van der Waals surface area contributed by atoms with Gasteiger partial charge in [-0.15, -0.1) is 0 Å². The molecule has 28 heavy (non-hydrogen) atoms.